The SMILES string of the molecule is CCC(=O)NCc1ccc(S(=O)(=O)N2CCOCC2)cc1. The maximum atomic E-state index is 12.4. The van der Waals surface area contributed by atoms with Crippen LogP contribution in [0.5, 0.6) is 0 Å². The minimum atomic E-state index is -3.45. The Morgan fingerprint density at radius 3 is 2.43 bits per heavy atom. The van der Waals surface area contributed by atoms with Gasteiger partial charge in [0.2, 0.25) is 15.9 Å². The molecule has 1 heterocycles. The maximum absolute atomic E-state index is 12.4. The van der Waals surface area contributed by atoms with Crippen LogP contribution in [-0.4, -0.2) is 44.9 Å². The van der Waals surface area contributed by atoms with Gasteiger partial charge in [-0.15, -0.1) is 0 Å². The average Bonchev–Trinajstić information content (AvgIpc) is 2.53. The molecule has 0 radical (unpaired) electrons. The quantitative estimate of drug-likeness (QED) is 0.870. The smallest absolute Gasteiger partial charge is 0.243 e. The number of carbonyl (C=O) groups is 1. The van der Waals surface area contributed by atoms with Crippen molar-refractivity contribution in [3.8, 4) is 0 Å². The molecule has 0 aromatic heterocycles. The number of nitrogens with one attached hydrogen (secondary N) is 1. The lowest BCUT2D eigenvalue weighted by molar-refractivity contribution is -0.120. The lowest BCUT2D eigenvalue weighted by atomic mass is 10.2. The standard InChI is InChI=1S/C14H20N2O4S/c1-2-14(17)15-11-12-3-5-13(6-4-12)21(18,19)16-7-9-20-10-8-16/h3-6H,2,7-11H2,1H3,(H,15,17). The van der Waals surface area contributed by atoms with Crippen molar-refractivity contribution in [2.24, 2.45) is 0 Å². The Morgan fingerprint density at radius 2 is 1.86 bits per heavy atom. The third-order valence-electron chi connectivity index (χ3n) is 3.34. The Kier molecular flexibility index (Phi) is 5.33. The number of sulfonamides is 1. The molecule has 7 heteroatoms. The Balaban J connectivity index is 2.05. The fourth-order valence-corrected chi connectivity index (χ4v) is 3.45. The predicted molar refractivity (Wildman–Crippen MR) is 78.2 cm³/mol. The van der Waals surface area contributed by atoms with E-state index in [-0.39, 0.29) is 10.8 Å². The van der Waals surface area contributed by atoms with Crippen LogP contribution in [0.25, 0.3) is 0 Å². The molecule has 1 fully saturated rings. The van der Waals surface area contributed by atoms with E-state index < -0.39 is 10.0 Å². The summed E-state index contributed by atoms with van der Waals surface area (Å²) in [5, 5.41) is 2.75. The van der Waals surface area contributed by atoms with Crippen molar-refractivity contribution in [2.45, 2.75) is 24.8 Å². The summed E-state index contributed by atoms with van der Waals surface area (Å²) in [6, 6.07) is 6.61. The van der Waals surface area contributed by atoms with Crippen molar-refractivity contribution >= 4 is 15.9 Å². The summed E-state index contributed by atoms with van der Waals surface area (Å²) >= 11 is 0. The molecule has 1 saturated heterocycles. The van der Waals surface area contributed by atoms with Gasteiger partial charge in [0, 0.05) is 26.1 Å². The number of ether oxygens (including phenoxy) is 1. The fraction of sp³-hybridized carbons (Fsp3) is 0.500. The number of nitrogens with zero attached hydrogens (tertiary/aromatic N) is 1. The van der Waals surface area contributed by atoms with Crippen LogP contribution in [0.15, 0.2) is 29.2 Å². The minimum absolute atomic E-state index is 0.0278. The molecular weight excluding hydrogens is 292 g/mol. The molecule has 1 aromatic rings. The number of benzene rings is 1. The molecule has 1 N–H and O–H groups in total. The van der Waals surface area contributed by atoms with Crippen molar-refractivity contribution in [1.82, 2.24) is 9.62 Å². The monoisotopic (exact) mass is 312 g/mol. The van der Waals surface area contributed by atoms with Gasteiger partial charge in [0.05, 0.1) is 18.1 Å². The van der Waals surface area contributed by atoms with Crippen LogP contribution in [0.3, 0.4) is 0 Å². The molecule has 1 aromatic carbocycles. The molecule has 1 aliphatic rings. The molecule has 0 bridgehead atoms. The van der Waals surface area contributed by atoms with Crippen molar-refractivity contribution in [3.63, 3.8) is 0 Å². The number of carbonyl (C=O) groups excluding carboxylic acids is 1. The average molecular weight is 312 g/mol. The van der Waals surface area contributed by atoms with Crippen LogP contribution in [-0.2, 0) is 26.1 Å². The van der Waals surface area contributed by atoms with Gasteiger partial charge in [-0.2, -0.15) is 4.31 Å². The molecular formula is C14H20N2O4S. The summed E-state index contributed by atoms with van der Waals surface area (Å²) in [5.74, 6) is -0.0278. The van der Waals surface area contributed by atoms with Gasteiger partial charge < -0.3 is 10.1 Å². The first-order valence-electron chi connectivity index (χ1n) is 6.97. The first kappa shape index (κ1) is 15.9. The van der Waals surface area contributed by atoms with Crippen molar-refractivity contribution in [3.05, 3.63) is 29.8 Å². The summed E-state index contributed by atoms with van der Waals surface area (Å²) in [6.07, 6.45) is 0.434. The second-order valence-corrected chi connectivity index (χ2v) is 6.73. The highest BCUT2D eigenvalue weighted by molar-refractivity contribution is 7.89. The highest BCUT2D eigenvalue weighted by Crippen LogP contribution is 2.17. The lowest BCUT2D eigenvalue weighted by Crippen LogP contribution is -2.40. The number of morpholine rings is 1. The van der Waals surface area contributed by atoms with Crippen LogP contribution >= 0.6 is 0 Å². The van der Waals surface area contributed by atoms with Crippen LogP contribution in [0.2, 0.25) is 0 Å². The summed E-state index contributed by atoms with van der Waals surface area (Å²) in [6.45, 7) is 3.83. The molecule has 1 aliphatic heterocycles. The van der Waals surface area contributed by atoms with Gasteiger partial charge in [-0.1, -0.05) is 19.1 Å². The Bertz CT molecular complexity index is 577. The molecule has 0 atom stereocenters. The maximum Gasteiger partial charge on any atom is 0.243 e. The molecule has 21 heavy (non-hydrogen) atoms. The van der Waals surface area contributed by atoms with E-state index in [9.17, 15) is 13.2 Å². The van der Waals surface area contributed by atoms with Crippen LogP contribution in [0.4, 0.5) is 0 Å². The highest BCUT2D eigenvalue weighted by atomic mass is 32.2. The van der Waals surface area contributed by atoms with Gasteiger partial charge in [0.1, 0.15) is 0 Å². The third-order valence-corrected chi connectivity index (χ3v) is 5.25. The highest BCUT2D eigenvalue weighted by Gasteiger charge is 2.25. The Hall–Kier alpha value is -1.44. The Labute approximate surface area is 125 Å². The van der Waals surface area contributed by atoms with Gasteiger partial charge >= 0.3 is 0 Å². The van der Waals surface area contributed by atoms with Crippen LogP contribution in [0.1, 0.15) is 18.9 Å². The summed E-state index contributed by atoms with van der Waals surface area (Å²) in [4.78, 5) is 11.5. The van der Waals surface area contributed by atoms with E-state index in [0.29, 0.717) is 39.3 Å². The normalized spacial score (nSPS) is 16.6. The molecule has 6 nitrogen and oxygen atoms in total. The van der Waals surface area contributed by atoms with Gasteiger partial charge in [-0.05, 0) is 17.7 Å². The summed E-state index contributed by atoms with van der Waals surface area (Å²) in [5.41, 5.74) is 0.873. The van der Waals surface area contributed by atoms with E-state index >= 15 is 0 Å². The zero-order valence-corrected chi connectivity index (χ0v) is 12.9. The minimum Gasteiger partial charge on any atom is -0.379 e. The second-order valence-electron chi connectivity index (χ2n) is 4.79. The number of rotatable bonds is 5. The van der Waals surface area contributed by atoms with E-state index in [1.807, 2.05) is 0 Å². The molecule has 0 unspecified atom stereocenters. The van der Waals surface area contributed by atoms with Gasteiger partial charge in [-0.3, -0.25) is 4.79 Å². The van der Waals surface area contributed by atoms with Gasteiger partial charge in [0.25, 0.3) is 0 Å². The first-order chi connectivity index (χ1) is 10.0. The zero-order valence-electron chi connectivity index (χ0n) is 12.0. The number of amides is 1. The summed E-state index contributed by atoms with van der Waals surface area (Å²) in [7, 11) is -3.45. The first-order valence-corrected chi connectivity index (χ1v) is 8.41. The molecule has 0 saturated carbocycles. The second kappa shape index (κ2) is 7.02. The largest absolute Gasteiger partial charge is 0.379 e. The fourth-order valence-electron chi connectivity index (χ4n) is 2.04. The van der Waals surface area contributed by atoms with Crippen molar-refractivity contribution in [1.29, 1.82) is 0 Å². The van der Waals surface area contributed by atoms with E-state index in [4.69, 9.17) is 4.74 Å². The third kappa shape index (κ3) is 4.03. The van der Waals surface area contributed by atoms with Crippen LogP contribution in [0, 0.1) is 0 Å². The number of hydrogen-bond donors (Lipinski definition) is 1. The lowest BCUT2D eigenvalue weighted by Gasteiger charge is -2.26. The Morgan fingerprint density at radius 1 is 1.24 bits per heavy atom. The molecule has 0 aliphatic carbocycles. The van der Waals surface area contributed by atoms with E-state index in [2.05, 4.69) is 5.32 Å². The van der Waals surface area contributed by atoms with Crippen LogP contribution < -0.4 is 5.32 Å². The van der Waals surface area contributed by atoms with Gasteiger partial charge in [-0.25, -0.2) is 8.42 Å². The van der Waals surface area contributed by atoms with E-state index in [1.165, 1.54) is 4.31 Å². The molecule has 2 rings (SSSR count). The van der Waals surface area contributed by atoms with Crippen molar-refractivity contribution < 1.29 is 17.9 Å². The number of hydrogen-bond acceptors (Lipinski definition) is 4. The topological polar surface area (TPSA) is 75.7 Å². The van der Waals surface area contributed by atoms with Gasteiger partial charge in [0.15, 0.2) is 0 Å². The molecule has 116 valence electrons. The molecule has 1 amide bonds. The van der Waals surface area contributed by atoms with Crippen molar-refractivity contribution in [2.75, 3.05) is 26.3 Å². The molecule has 0 spiro atoms. The summed E-state index contributed by atoms with van der Waals surface area (Å²) < 4.78 is 31.4. The van der Waals surface area contributed by atoms with E-state index in [0.717, 1.165) is 5.56 Å². The zero-order chi connectivity index (χ0) is 15.3. The van der Waals surface area contributed by atoms with E-state index in [1.54, 1.807) is 31.2 Å². The predicted octanol–water partition coefficient (Wildman–Crippen LogP) is 0.734.